The van der Waals surface area contributed by atoms with Crippen LogP contribution in [0.3, 0.4) is 0 Å². The SMILES string of the molecule is Cc1nc2ncnn2c(C)c1CCC(=O)N1C[C@@H]2CN(C)[C@@H](c3ccccc3)[C@@H]2C1. The zero-order valence-corrected chi connectivity index (χ0v) is 17.8. The van der Waals surface area contributed by atoms with Gasteiger partial charge in [-0.25, -0.2) is 9.50 Å². The summed E-state index contributed by atoms with van der Waals surface area (Å²) in [5.74, 6) is 1.93. The van der Waals surface area contributed by atoms with E-state index in [9.17, 15) is 4.79 Å². The van der Waals surface area contributed by atoms with Crippen LogP contribution in [-0.4, -0.2) is 62.0 Å². The molecule has 3 atom stereocenters. The first-order chi connectivity index (χ1) is 14.5. The fourth-order valence-corrected chi connectivity index (χ4v) is 5.52. The van der Waals surface area contributed by atoms with Gasteiger partial charge >= 0.3 is 0 Å². The van der Waals surface area contributed by atoms with Crippen LogP contribution >= 0.6 is 0 Å². The molecule has 0 bridgehead atoms. The van der Waals surface area contributed by atoms with E-state index in [4.69, 9.17) is 0 Å². The van der Waals surface area contributed by atoms with Crippen molar-refractivity contribution in [3.05, 3.63) is 59.2 Å². The lowest BCUT2D eigenvalue weighted by atomic mass is 9.90. The van der Waals surface area contributed by atoms with Crippen LogP contribution in [0.2, 0.25) is 0 Å². The maximum Gasteiger partial charge on any atom is 0.252 e. The van der Waals surface area contributed by atoms with Gasteiger partial charge in [0.15, 0.2) is 0 Å². The normalized spacial score (nSPS) is 24.0. The lowest BCUT2D eigenvalue weighted by molar-refractivity contribution is -0.130. The molecule has 0 N–H and O–H groups in total. The predicted molar refractivity (Wildman–Crippen MR) is 114 cm³/mol. The summed E-state index contributed by atoms with van der Waals surface area (Å²) in [4.78, 5) is 26.3. The molecule has 2 aromatic heterocycles. The number of fused-ring (bicyclic) bond motifs is 2. The van der Waals surface area contributed by atoms with E-state index in [1.807, 2.05) is 13.8 Å². The summed E-state index contributed by atoms with van der Waals surface area (Å²) < 4.78 is 1.76. The summed E-state index contributed by atoms with van der Waals surface area (Å²) in [6.45, 7) is 6.79. The van der Waals surface area contributed by atoms with Gasteiger partial charge in [-0.1, -0.05) is 30.3 Å². The molecule has 156 valence electrons. The van der Waals surface area contributed by atoms with E-state index >= 15 is 0 Å². The van der Waals surface area contributed by atoms with Gasteiger partial charge in [0.2, 0.25) is 5.91 Å². The van der Waals surface area contributed by atoms with E-state index in [2.05, 4.69) is 62.2 Å². The number of aromatic nitrogens is 4. The Hall–Kier alpha value is -2.80. The Bertz CT molecular complexity index is 1080. The first kappa shape index (κ1) is 19.2. The summed E-state index contributed by atoms with van der Waals surface area (Å²) in [5, 5.41) is 4.25. The monoisotopic (exact) mass is 404 g/mol. The molecule has 2 aliphatic heterocycles. The van der Waals surface area contributed by atoms with Crippen LogP contribution in [0.5, 0.6) is 0 Å². The number of likely N-dealkylation sites (tertiary alicyclic amines) is 2. The second kappa shape index (κ2) is 7.47. The molecule has 1 amide bonds. The second-order valence-electron chi connectivity index (χ2n) is 8.75. The van der Waals surface area contributed by atoms with Gasteiger partial charge in [-0.15, -0.1) is 0 Å². The number of rotatable bonds is 4. The van der Waals surface area contributed by atoms with Gasteiger partial charge in [0, 0.05) is 49.4 Å². The molecule has 0 radical (unpaired) electrons. The average Bonchev–Trinajstić information content (AvgIpc) is 3.42. The first-order valence-corrected chi connectivity index (χ1v) is 10.7. The van der Waals surface area contributed by atoms with Crippen molar-refractivity contribution in [1.29, 1.82) is 0 Å². The van der Waals surface area contributed by atoms with Crippen LogP contribution < -0.4 is 0 Å². The number of aryl methyl sites for hydroxylation is 2. The number of carbonyl (C=O) groups is 1. The highest BCUT2D eigenvalue weighted by Gasteiger charge is 2.47. The van der Waals surface area contributed by atoms with Gasteiger partial charge in [-0.05, 0) is 44.4 Å². The Morgan fingerprint density at radius 2 is 1.93 bits per heavy atom. The van der Waals surface area contributed by atoms with Gasteiger partial charge in [0.25, 0.3) is 5.78 Å². The fraction of sp³-hybridized carbons (Fsp3) is 0.478. The van der Waals surface area contributed by atoms with E-state index < -0.39 is 0 Å². The van der Waals surface area contributed by atoms with Crippen molar-refractivity contribution < 1.29 is 4.79 Å². The average molecular weight is 405 g/mol. The quantitative estimate of drug-likeness (QED) is 0.668. The number of benzene rings is 1. The minimum Gasteiger partial charge on any atom is -0.342 e. The molecule has 7 heteroatoms. The molecule has 3 aromatic rings. The maximum atomic E-state index is 13.1. The third-order valence-corrected chi connectivity index (χ3v) is 6.97. The molecule has 7 nitrogen and oxygen atoms in total. The third kappa shape index (κ3) is 3.17. The van der Waals surface area contributed by atoms with Gasteiger partial charge in [-0.3, -0.25) is 9.69 Å². The summed E-state index contributed by atoms with van der Waals surface area (Å²) in [6, 6.07) is 11.1. The van der Waals surface area contributed by atoms with Crippen molar-refractivity contribution in [2.24, 2.45) is 11.8 Å². The first-order valence-electron chi connectivity index (χ1n) is 10.7. The highest BCUT2D eigenvalue weighted by molar-refractivity contribution is 5.77. The van der Waals surface area contributed by atoms with Crippen molar-refractivity contribution in [2.75, 3.05) is 26.7 Å². The van der Waals surface area contributed by atoms with Crippen LogP contribution in [0.1, 0.15) is 35.0 Å². The van der Waals surface area contributed by atoms with Crippen molar-refractivity contribution in [1.82, 2.24) is 29.4 Å². The van der Waals surface area contributed by atoms with Crippen LogP contribution in [-0.2, 0) is 11.2 Å². The third-order valence-electron chi connectivity index (χ3n) is 6.97. The Morgan fingerprint density at radius 1 is 1.13 bits per heavy atom. The van der Waals surface area contributed by atoms with Crippen molar-refractivity contribution in [3.63, 3.8) is 0 Å². The molecular weight excluding hydrogens is 376 g/mol. The molecule has 0 unspecified atom stereocenters. The molecule has 0 aliphatic carbocycles. The Labute approximate surface area is 176 Å². The number of nitrogens with zero attached hydrogens (tertiary/aromatic N) is 6. The Balaban J connectivity index is 1.28. The summed E-state index contributed by atoms with van der Waals surface area (Å²) in [5.41, 5.74) is 4.42. The topological polar surface area (TPSA) is 66.6 Å². The summed E-state index contributed by atoms with van der Waals surface area (Å²) in [6.07, 6.45) is 2.72. The highest BCUT2D eigenvalue weighted by atomic mass is 16.2. The van der Waals surface area contributed by atoms with Crippen LogP contribution in [0.15, 0.2) is 36.7 Å². The maximum absolute atomic E-state index is 13.1. The molecule has 4 heterocycles. The number of carbonyl (C=O) groups excluding carboxylic acids is 1. The zero-order chi connectivity index (χ0) is 20.8. The van der Waals surface area contributed by atoms with E-state index in [1.165, 1.54) is 11.9 Å². The van der Waals surface area contributed by atoms with Gasteiger partial charge in [0.05, 0.1) is 0 Å². The fourth-order valence-electron chi connectivity index (χ4n) is 5.52. The van der Waals surface area contributed by atoms with Crippen LogP contribution in [0, 0.1) is 25.7 Å². The smallest absolute Gasteiger partial charge is 0.252 e. The molecule has 0 saturated carbocycles. The van der Waals surface area contributed by atoms with Gasteiger partial charge in [0.1, 0.15) is 6.33 Å². The van der Waals surface area contributed by atoms with Gasteiger partial charge < -0.3 is 4.90 Å². The molecule has 0 spiro atoms. The molecular formula is C23H28N6O. The number of hydrogen-bond donors (Lipinski definition) is 0. The van der Waals surface area contributed by atoms with E-state index in [0.717, 1.165) is 36.6 Å². The Morgan fingerprint density at radius 3 is 2.73 bits per heavy atom. The standard InChI is InChI=1S/C23H28N6O/c1-15-19(16(2)29-23(26-15)24-14-25-29)9-10-21(30)28-12-18-11-27(3)22(20(18)13-28)17-7-5-4-6-8-17/h4-8,14,18,20,22H,9-13H2,1-3H3/t18-,20+,22-/m0/s1. The largest absolute Gasteiger partial charge is 0.342 e. The second-order valence-corrected chi connectivity index (χ2v) is 8.75. The van der Waals surface area contributed by atoms with Crippen molar-refractivity contribution in [2.45, 2.75) is 32.7 Å². The minimum absolute atomic E-state index is 0.247. The lowest BCUT2D eigenvalue weighted by Gasteiger charge is -2.27. The highest BCUT2D eigenvalue weighted by Crippen LogP contribution is 2.44. The molecule has 2 fully saturated rings. The molecule has 5 rings (SSSR count). The van der Waals surface area contributed by atoms with Crippen LogP contribution in [0.25, 0.3) is 5.78 Å². The number of hydrogen-bond acceptors (Lipinski definition) is 5. The molecule has 2 aliphatic rings. The number of amides is 1. The summed E-state index contributed by atoms with van der Waals surface area (Å²) in [7, 11) is 2.21. The van der Waals surface area contributed by atoms with E-state index in [1.54, 1.807) is 4.52 Å². The van der Waals surface area contributed by atoms with Crippen molar-refractivity contribution >= 4 is 11.7 Å². The minimum atomic E-state index is 0.247. The Kier molecular flexibility index (Phi) is 4.77. The van der Waals surface area contributed by atoms with E-state index in [-0.39, 0.29) is 5.91 Å². The summed E-state index contributed by atoms with van der Waals surface area (Å²) >= 11 is 0. The van der Waals surface area contributed by atoms with Crippen LogP contribution in [0.4, 0.5) is 0 Å². The lowest BCUT2D eigenvalue weighted by Crippen LogP contribution is -2.33. The molecule has 1 aromatic carbocycles. The molecule has 2 saturated heterocycles. The van der Waals surface area contributed by atoms with Gasteiger partial charge in [-0.2, -0.15) is 10.1 Å². The zero-order valence-electron chi connectivity index (χ0n) is 17.8. The van der Waals surface area contributed by atoms with E-state index in [0.29, 0.717) is 36.5 Å². The predicted octanol–water partition coefficient (Wildman–Crippen LogP) is 2.44. The molecule has 30 heavy (non-hydrogen) atoms. The van der Waals surface area contributed by atoms with Crippen molar-refractivity contribution in [3.8, 4) is 0 Å².